The Hall–Kier alpha value is -1.41. The van der Waals surface area contributed by atoms with E-state index in [9.17, 15) is 8.42 Å². The van der Waals surface area contributed by atoms with Gasteiger partial charge in [-0.25, -0.2) is 22.6 Å². The van der Waals surface area contributed by atoms with Crippen LogP contribution in [0.4, 0.5) is 0 Å². The smallest absolute Gasteiger partial charge is 0.216 e. The van der Waals surface area contributed by atoms with Gasteiger partial charge in [-0.15, -0.1) is 0 Å². The highest BCUT2D eigenvalue weighted by atomic mass is 35.5. The molecule has 9 heteroatoms. The van der Waals surface area contributed by atoms with Gasteiger partial charge in [-0.05, 0) is 31.9 Å². The number of halogens is 2. The quantitative estimate of drug-likeness (QED) is 0.718. The lowest BCUT2D eigenvalue weighted by Crippen LogP contribution is -2.34. The fourth-order valence-electron chi connectivity index (χ4n) is 2.49. The number of hydrogen-bond acceptors (Lipinski definition) is 4. The minimum atomic E-state index is -3.68. The first-order valence-corrected chi connectivity index (χ1v) is 9.20. The lowest BCUT2D eigenvalue weighted by molar-refractivity contribution is 0.558. The summed E-state index contributed by atoms with van der Waals surface area (Å²) in [7, 11) is -3.68. The highest BCUT2D eigenvalue weighted by molar-refractivity contribution is 7.89. The zero-order valence-corrected chi connectivity index (χ0v) is 14.4. The van der Waals surface area contributed by atoms with Crippen molar-refractivity contribution in [3.63, 3.8) is 0 Å². The van der Waals surface area contributed by atoms with Crippen LogP contribution in [0, 0.1) is 0 Å². The Morgan fingerprint density at radius 1 is 1.30 bits per heavy atom. The fourth-order valence-corrected chi connectivity index (χ4v) is 4.60. The monoisotopic (exact) mass is 370 g/mol. The fraction of sp³-hybridized carbons (Fsp3) is 0.286. The van der Waals surface area contributed by atoms with E-state index in [-0.39, 0.29) is 20.6 Å². The van der Waals surface area contributed by atoms with Crippen molar-refractivity contribution >= 4 is 49.8 Å². The molecule has 0 radical (unpaired) electrons. The first kappa shape index (κ1) is 15.1. The Bertz CT molecular complexity index is 1060. The third kappa shape index (κ3) is 2.48. The molecule has 0 atom stereocenters. The second-order valence-corrected chi connectivity index (χ2v) is 8.42. The van der Waals surface area contributed by atoms with Gasteiger partial charge in [0.1, 0.15) is 5.15 Å². The van der Waals surface area contributed by atoms with Crippen LogP contribution >= 0.6 is 23.2 Å². The summed E-state index contributed by atoms with van der Waals surface area (Å²) in [5.41, 5.74) is 0.709. The van der Waals surface area contributed by atoms with E-state index in [2.05, 4.69) is 14.8 Å². The lowest BCUT2D eigenvalue weighted by atomic mass is 10.2. The molecule has 0 unspecified atom stereocenters. The Balaban J connectivity index is 1.97. The Kier molecular flexibility index (Phi) is 3.16. The highest BCUT2D eigenvalue weighted by Gasteiger charge is 2.41. The molecule has 4 rings (SSSR count). The van der Waals surface area contributed by atoms with Gasteiger partial charge in [-0.2, -0.15) is 5.10 Å². The summed E-state index contributed by atoms with van der Waals surface area (Å²) in [5.74, 6) is 0. The molecular weight excluding hydrogens is 359 g/mol. The number of fused-ring (bicyclic) bond motifs is 3. The first-order chi connectivity index (χ1) is 10.8. The van der Waals surface area contributed by atoms with Gasteiger partial charge in [0.05, 0.1) is 21.6 Å². The van der Waals surface area contributed by atoms with Crippen molar-refractivity contribution in [1.29, 1.82) is 0 Å². The van der Waals surface area contributed by atoms with Gasteiger partial charge in [0.25, 0.3) is 0 Å². The van der Waals surface area contributed by atoms with E-state index in [4.69, 9.17) is 23.2 Å². The van der Waals surface area contributed by atoms with Crippen LogP contribution in [0.5, 0.6) is 0 Å². The lowest BCUT2D eigenvalue weighted by Gasteiger charge is -2.14. The standard InChI is InChI=1S/C14H12Cl2N4O2S/c1-14(3-4-14)19-23(21,22)8-6-9-12(10(15)7-8)20-11(2-5-17-20)18-13(9)16/h2,5-7,19H,3-4H2,1H3. The van der Waals surface area contributed by atoms with Crippen LogP contribution < -0.4 is 4.72 Å². The Morgan fingerprint density at radius 2 is 2.04 bits per heavy atom. The highest BCUT2D eigenvalue weighted by Crippen LogP contribution is 2.37. The summed E-state index contributed by atoms with van der Waals surface area (Å²) in [5, 5.41) is 5.03. The SMILES string of the molecule is CC1(NS(=O)(=O)c2cc(Cl)c3c(c2)c(Cl)nc2ccnn23)CC1. The maximum Gasteiger partial charge on any atom is 0.241 e. The average Bonchev–Trinajstić information content (AvgIpc) is 2.99. The van der Waals surface area contributed by atoms with Crippen LogP contribution in [0.15, 0.2) is 29.3 Å². The summed E-state index contributed by atoms with van der Waals surface area (Å²) >= 11 is 12.5. The van der Waals surface area contributed by atoms with Crippen molar-refractivity contribution in [3.8, 4) is 0 Å². The third-order valence-electron chi connectivity index (χ3n) is 4.00. The molecule has 1 fully saturated rings. The molecule has 0 bridgehead atoms. The van der Waals surface area contributed by atoms with Crippen molar-refractivity contribution in [2.45, 2.75) is 30.2 Å². The molecule has 0 spiro atoms. The molecule has 1 N–H and O–H groups in total. The maximum atomic E-state index is 12.6. The average molecular weight is 371 g/mol. The molecule has 1 aliphatic carbocycles. The number of rotatable bonds is 3. The number of nitrogens with zero attached hydrogens (tertiary/aromatic N) is 3. The molecular formula is C14H12Cl2N4O2S. The molecule has 2 aromatic heterocycles. The summed E-state index contributed by atoms with van der Waals surface area (Å²) in [6.45, 7) is 1.87. The summed E-state index contributed by atoms with van der Waals surface area (Å²) in [4.78, 5) is 4.27. The van der Waals surface area contributed by atoms with Gasteiger partial charge in [-0.3, -0.25) is 0 Å². The number of nitrogens with one attached hydrogen (secondary N) is 1. The summed E-state index contributed by atoms with van der Waals surface area (Å²) in [6.07, 6.45) is 3.22. The minimum absolute atomic E-state index is 0.0679. The van der Waals surface area contributed by atoms with E-state index >= 15 is 0 Å². The summed E-state index contributed by atoms with van der Waals surface area (Å²) in [6, 6.07) is 4.59. The van der Waals surface area contributed by atoms with Gasteiger partial charge in [-0.1, -0.05) is 23.2 Å². The van der Waals surface area contributed by atoms with Gasteiger partial charge in [0.15, 0.2) is 5.65 Å². The molecule has 0 saturated heterocycles. The van der Waals surface area contributed by atoms with E-state index in [1.165, 1.54) is 16.6 Å². The van der Waals surface area contributed by atoms with Crippen LogP contribution in [0.1, 0.15) is 19.8 Å². The molecule has 1 aliphatic rings. The van der Waals surface area contributed by atoms with Crippen LogP contribution in [0.2, 0.25) is 10.2 Å². The van der Waals surface area contributed by atoms with Crippen LogP contribution in [0.25, 0.3) is 16.6 Å². The van der Waals surface area contributed by atoms with Crippen molar-refractivity contribution in [3.05, 3.63) is 34.6 Å². The minimum Gasteiger partial charge on any atom is -0.216 e. The van der Waals surface area contributed by atoms with Gasteiger partial charge >= 0.3 is 0 Å². The van der Waals surface area contributed by atoms with Crippen molar-refractivity contribution in [2.75, 3.05) is 0 Å². The number of benzene rings is 1. The molecule has 1 saturated carbocycles. The number of hydrogen-bond donors (Lipinski definition) is 1. The van der Waals surface area contributed by atoms with Crippen LogP contribution in [-0.4, -0.2) is 28.6 Å². The summed E-state index contributed by atoms with van der Waals surface area (Å²) < 4.78 is 29.3. The Labute approximate surface area is 142 Å². The molecule has 1 aromatic carbocycles. The van der Waals surface area contributed by atoms with Gasteiger partial charge in [0.2, 0.25) is 10.0 Å². The zero-order valence-electron chi connectivity index (χ0n) is 12.0. The predicted octanol–water partition coefficient (Wildman–Crippen LogP) is 3.02. The predicted molar refractivity (Wildman–Crippen MR) is 88.5 cm³/mol. The normalized spacial score (nSPS) is 17.0. The van der Waals surface area contributed by atoms with Crippen molar-refractivity contribution < 1.29 is 8.42 Å². The molecule has 3 aromatic rings. The molecule has 23 heavy (non-hydrogen) atoms. The van der Waals surface area contributed by atoms with Gasteiger partial charge < -0.3 is 0 Å². The number of aromatic nitrogens is 3. The molecule has 6 nitrogen and oxygen atoms in total. The second-order valence-electron chi connectivity index (χ2n) is 5.97. The molecule has 2 heterocycles. The van der Waals surface area contributed by atoms with Crippen molar-refractivity contribution in [2.24, 2.45) is 0 Å². The van der Waals surface area contributed by atoms with Crippen molar-refractivity contribution in [1.82, 2.24) is 19.3 Å². The van der Waals surface area contributed by atoms with E-state index in [0.29, 0.717) is 16.6 Å². The zero-order chi connectivity index (χ0) is 16.4. The van der Waals surface area contributed by atoms with E-state index < -0.39 is 10.0 Å². The van der Waals surface area contributed by atoms with E-state index in [1.807, 2.05) is 6.92 Å². The van der Waals surface area contributed by atoms with E-state index in [1.54, 1.807) is 12.3 Å². The third-order valence-corrected chi connectivity index (χ3v) is 6.19. The maximum absolute atomic E-state index is 12.6. The molecule has 0 amide bonds. The van der Waals surface area contributed by atoms with Crippen LogP contribution in [0.3, 0.4) is 0 Å². The first-order valence-electron chi connectivity index (χ1n) is 6.96. The largest absolute Gasteiger partial charge is 0.241 e. The second kappa shape index (κ2) is 4.80. The topological polar surface area (TPSA) is 76.4 Å². The molecule has 120 valence electrons. The van der Waals surface area contributed by atoms with E-state index in [0.717, 1.165) is 12.8 Å². The van der Waals surface area contributed by atoms with Crippen LogP contribution in [-0.2, 0) is 10.0 Å². The Morgan fingerprint density at radius 3 is 2.74 bits per heavy atom. The van der Waals surface area contributed by atoms with Gasteiger partial charge in [0, 0.05) is 17.0 Å². The molecule has 0 aliphatic heterocycles. The number of sulfonamides is 1.